The molecular weight excluding hydrogens is 394 g/mol. The molecule has 0 unspecified atom stereocenters. The van der Waals surface area contributed by atoms with Gasteiger partial charge in [0, 0.05) is 0 Å². The molecule has 0 saturated heterocycles. The van der Waals surface area contributed by atoms with E-state index in [1.165, 1.54) is 18.2 Å². The smallest absolute Gasteiger partial charge is 0.411 e. The number of aromatic carboxylic acids is 1. The van der Waals surface area contributed by atoms with Gasteiger partial charge in [0.05, 0.1) is 10.7 Å². The zero-order chi connectivity index (χ0) is 20.6. The Balaban J connectivity index is 1.47. The topological polar surface area (TPSA) is 84.9 Å². The fourth-order valence-corrected chi connectivity index (χ4v) is 2.92. The van der Waals surface area contributed by atoms with Gasteiger partial charge in [0.1, 0.15) is 24.5 Å². The normalized spacial score (nSPS) is 10.2. The van der Waals surface area contributed by atoms with Gasteiger partial charge in [-0.3, -0.25) is 5.32 Å². The van der Waals surface area contributed by atoms with Crippen LogP contribution in [0.2, 0.25) is 5.02 Å². The van der Waals surface area contributed by atoms with E-state index in [0.717, 1.165) is 11.1 Å². The van der Waals surface area contributed by atoms with Crippen LogP contribution >= 0.6 is 11.6 Å². The van der Waals surface area contributed by atoms with E-state index in [2.05, 4.69) is 5.32 Å². The van der Waals surface area contributed by atoms with E-state index >= 15 is 0 Å². The number of hydrogen-bond acceptors (Lipinski definition) is 4. The first-order valence-corrected chi connectivity index (χ1v) is 9.16. The fourth-order valence-electron chi connectivity index (χ4n) is 2.66. The van der Waals surface area contributed by atoms with Crippen LogP contribution in [-0.4, -0.2) is 30.4 Å². The zero-order valence-electron chi connectivity index (χ0n) is 15.3. The summed E-state index contributed by atoms with van der Waals surface area (Å²) in [7, 11) is 0. The second kappa shape index (κ2) is 9.61. The summed E-state index contributed by atoms with van der Waals surface area (Å²) in [6, 6.07) is 21.9. The standard InChI is InChI=1S/C22H18ClNO5/c23-18-7-4-8-19(20(18)21(25)26)24-22(27)29-14-13-28-17-11-9-16(10-12-17)15-5-2-1-3-6-15/h1-12H,13-14H2,(H,24,27)(H,25,26). The molecule has 0 saturated carbocycles. The minimum Gasteiger partial charge on any atom is -0.490 e. The lowest BCUT2D eigenvalue weighted by Crippen LogP contribution is -2.19. The van der Waals surface area contributed by atoms with Crippen LogP contribution < -0.4 is 10.1 Å². The van der Waals surface area contributed by atoms with Crippen molar-refractivity contribution < 1.29 is 24.2 Å². The Labute approximate surface area is 172 Å². The molecule has 0 atom stereocenters. The summed E-state index contributed by atoms with van der Waals surface area (Å²) >= 11 is 5.86. The van der Waals surface area contributed by atoms with E-state index < -0.39 is 12.1 Å². The molecule has 0 fully saturated rings. The van der Waals surface area contributed by atoms with Gasteiger partial charge in [-0.15, -0.1) is 0 Å². The lowest BCUT2D eigenvalue weighted by molar-refractivity contribution is 0.0698. The maximum atomic E-state index is 11.9. The van der Waals surface area contributed by atoms with Crippen molar-refractivity contribution in [3.63, 3.8) is 0 Å². The Kier molecular flexibility index (Phi) is 6.71. The third-order valence-electron chi connectivity index (χ3n) is 4.01. The molecule has 3 rings (SSSR count). The molecule has 2 N–H and O–H groups in total. The van der Waals surface area contributed by atoms with Gasteiger partial charge in [0.25, 0.3) is 0 Å². The number of ether oxygens (including phenoxy) is 2. The van der Waals surface area contributed by atoms with Crippen molar-refractivity contribution in [2.75, 3.05) is 18.5 Å². The minimum absolute atomic E-state index is 0.00472. The van der Waals surface area contributed by atoms with E-state index in [1.807, 2.05) is 54.6 Å². The molecule has 0 aliphatic rings. The molecule has 0 aromatic heterocycles. The van der Waals surface area contributed by atoms with Crippen LogP contribution in [0, 0.1) is 0 Å². The lowest BCUT2D eigenvalue weighted by atomic mass is 10.1. The van der Waals surface area contributed by atoms with Gasteiger partial charge in [-0.25, -0.2) is 9.59 Å². The molecule has 3 aromatic carbocycles. The zero-order valence-corrected chi connectivity index (χ0v) is 16.1. The van der Waals surface area contributed by atoms with Crippen LogP contribution in [0.25, 0.3) is 11.1 Å². The van der Waals surface area contributed by atoms with Crippen molar-refractivity contribution in [2.24, 2.45) is 0 Å². The van der Waals surface area contributed by atoms with Crippen molar-refractivity contribution >= 4 is 29.4 Å². The van der Waals surface area contributed by atoms with Gasteiger partial charge in [-0.2, -0.15) is 0 Å². The molecule has 7 heteroatoms. The summed E-state index contributed by atoms with van der Waals surface area (Å²) in [4.78, 5) is 23.1. The number of carbonyl (C=O) groups is 2. The molecule has 148 valence electrons. The number of carboxylic acids is 1. The van der Waals surface area contributed by atoms with Crippen molar-refractivity contribution in [1.29, 1.82) is 0 Å². The largest absolute Gasteiger partial charge is 0.490 e. The first-order valence-electron chi connectivity index (χ1n) is 8.78. The molecule has 1 amide bonds. The van der Waals surface area contributed by atoms with Gasteiger partial charge in [0.15, 0.2) is 0 Å². The highest BCUT2D eigenvalue weighted by molar-refractivity contribution is 6.34. The molecule has 0 spiro atoms. The van der Waals surface area contributed by atoms with Crippen LogP contribution in [0.15, 0.2) is 72.8 Å². The molecular formula is C22H18ClNO5. The average molecular weight is 412 g/mol. The van der Waals surface area contributed by atoms with Crippen molar-refractivity contribution in [1.82, 2.24) is 0 Å². The molecule has 0 aliphatic carbocycles. The summed E-state index contributed by atoms with van der Waals surface area (Å²) in [5.41, 5.74) is 2.05. The molecule has 0 bridgehead atoms. The summed E-state index contributed by atoms with van der Waals surface area (Å²) in [6.07, 6.45) is -0.794. The third kappa shape index (κ3) is 5.49. The average Bonchev–Trinajstić information content (AvgIpc) is 2.72. The lowest BCUT2D eigenvalue weighted by Gasteiger charge is -2.11. The number of halogens is 1. The van der Waals surface area contributed by atoms with E-state index in [9.17, 15) is 14.7 Å². The molecule has 0 aliphatic heterocycles. The second-order valence-corrected chi connectivity index (χ2v) is 6.37. The van der Waals surface area contributed by atoms with E-state index in [-0.39, 0.29) is 29.5 Å². The summed E-state index contributed by atoms with van der Waals surface area (Å²) in [6.45, 7) is 0.147. The van der Waals surface area contributed by atoms with E-state index in [0.29, 0.717) is 5.75 Å². The first-order chi connectivity index (χ1) is 14.0. The van der Waals surface area contributed by atoms with Crippen LogP contribution in [0.3, 0.4) is 0 Å². The van der Waals surface area contributed by atoms with Crippen LogP contribution in [0.5, 0.6) is 5.75 Å². The number of amides is 1. The maximum absolute atomic E-state index is 11.9. The Morgan fingerprint density at radius 2 is 1.55 bits per heavy atom. The number of rotatable bonds is 7. The summed E-state index contributed by atoms with van der Waals surface area (Å²) in [5, 5.41) is 11.6. The quantitative estimate of drug-likeness (QED) is 0.513. The molecule has 3 aromatic rings. The summed E-state index contributed by atoms with van der Waals surface area (Å²) in [5.74, 6) is -0.593. The monoisotopic (exact) mass is 411 g/mol. The Morgan fingerprint density at radius 3 is 2.24 bits per heavy atom. The van der Waals surface area contributed by atoms with Gasteiger partial charge in [-0.1, -0.05) is 60.1 Å². The number of nitrogens with one attached hydrogen (secondary N) is 1. The van der Waals surface area contributed by atoms with Gasteiger partial charge < -0.3 is 14.6 Å². The van der Waals surface area contributed by atoms with Crippen LogP contribution in [-0.2, 0) is 4.74 Å². The van der Waals surface area contributed by atoms with Crippen LogP contribution in [0.4, 0.5) is 10.5 Å². The number of carbonyl (C=O) groups excluding carboxylic acids is 1. The van der Waals surface area contributed by atoms with E-state index in [4.69, 9.17) is 21.1 Å². The number of benzene rings is 3. The summed E-state index contributed by atoms with van der Waals surface area (Å²) < 4.78 is 10.6. The number of carboxylic acid groups (broad SMARTS) is 1. The Hall–Kier alpha value is -3.51. The number of hydrogen-bond donors (Lipinski definition) is 2. The van der Waals surface area contributed by atoms with Crippen molar-refractivity contribution in [3.8, 4) is 16.9 Å². The second-order valence-electron chi connectivity index (χ2n) is 5.97. The van der Waals surface area contributed by atoms with E-state index in [1.54, 1.807) is 0 Å². The first kappa shape index (κ1) is 20.2. The fraction of sp³-hybridized carbons (Fsp3) is 0.0909. The highest BCUT2D eigenvalue weighted by Crippen LogP contribution is 2.24. The minimum atomic E-state index is -1.24. The molecule has 6 nitrogen and oxygen atoms in total. The Bertz CT molecular complexity index is 990. The van der Waals surface area contributed by atoms with Gasteiger partial charge >= 0.3 is 12.1 Å². The predicted octanol–water partition coefficient (Wildman–Crippen LogP) is 5.33. The third-order valence-corrected chi connectivity index (χ3v) is 4.33. The van der Waals surface area contributed by atoms with Crippen molar-refractivity contribution in [2.45, 2.75) is 0 Å². The molecule has 0 heterocycles. The number of anilines is 1. The van der Waals surface area contributed by atoms with Gasteiger partial charge in [0.2, 0.25) is 0 Å². The maximum Gasteiger partial charge on any atom is 0.411 e. The SMILES string of the molecule is O=C(Nc1cccc(Cl)c1C(=O)O)OCCOc1ccc(-c2ccccc2)cc1. The van der Waals surface area contributed by atoms with Crippen LogP contribution in [0.1, 0.15) is 10.4 Å². The van der Waals surface area contributed by atoms with Crippen molar-refractivity contribution in [3.05, 3.63) is 83.4 Å². The van der Waals surface area contributed by atoms with Gasteiger partial charge in [-0.05, 0) is 35.4 Å². The highest BCUT2D eigenvalue weighted by atomic mass is 35.5. The highest BCUT2D eigenvalue weighted by Gasteiger charge is 2.16. The molecule has 0 radical (unpaired) electrons. The molecule has 29 heavy (non-hydrogen) atoms. The predicted molar refractivity (Wildman–Crippen MR) is 111 cm³/mol. The Morgan fingerprint density at radius 1 is 0.862 bits per heavy atom.